The molecule has 102 valence electrons. The van der Waals surface area contributed by atoms with Gasteiger partial charge in [0.05, 0.1) is 24.2 Å². The highest BCUT2D eigenvalue weighted by atomic mass is 16.5. The van der Waals surface area contributed by atoms with Gasteiger partial charge in [0.15, 0.2) is 0 Å². The Morgan fingerprint density at radius 3 is 3.11 bits per heavy atom. The summed E-state index contributed by atoms with van der Waals surface area (Å²) in [6.45, 7) is 5.87. The van der Waals surface area contributed by atoms with E-state index < -0.39 is 0 Å². The van der Waals surface area contributed by atoms with Gasteiger partial charge in [0.1, 0.15) is 5.82 Å². The van der Waals surface area contributed by atoms with Gasteiger partial charge in [-0.2, -0.15) is 0 Å². The zero-order chi connectivity index (χ0) is 13.2. The number of rotatable bonds is 4. The lowest BCUT2D eigenvalue weighted by Gasteiger charge is -2.18. The van der Waals surface area contributed by atoms with Crippen LogP contribution in [0.15, 0.2) is 18.2 Å². The Bertz CT molecular complexity index is 558. The number of nitrogens with zero attached hydrogens (tertiary/aromatic N) is 2. The van der Waals surface area contributed by atoms with E-state index in [1.807, 2.05) is 0 Å². The predicted octanol–water partition coefficient (Wildman–Crippen LogP) is 2.34. The Balaban J connectivity index is 1.68. The first-order valence-electron chi connectivity index (χ1n) is 6.93. The zero-order valence-electron chi connectivity index (χ0n) is 11.6. The summed E-state index contributed by atoms with van der Waals surface area (Å²) in [6, 6.07) is 6.26. The highest BCUT2D eigenvalue weighted by Gasteiger charge is 2.18. The average Bonchev–Trinajstić information content (AvgIpc) is 2.98. The van der Waals surface area contributed by atoms with E-state index >= 15 is 0 Å². The SMILES string of the molecule is Cc1cccc2[nH]c(CN(C)C[C@@H]3CCOC3)nc12. The maximum Gasteiger partial charge on any atom is 0.121 e. The van der Waals surface area contributed by atoms with Crippen molar-refractivity contribution in [2.45, 2.75) is 19.9 Å². The summed E-state index contributed by atoms with van der Waals surface area (Å²) < 4.78 is 5.42. The molecule has 2 aromatic rings. The summed E-state index contributed by atoms with van der Waals surface area (Å²) in [7, 11) is 2.15. The lowest BCUT2D eigenvalue weighted by Crippen LogP contribution is -2.26. The zero-order valence-corrected chi connectivity index (χ0v) is 11.6. The molecule has 1 aromatic carbocycles. The molecule has 0 spiro atoms. The summed E-state index contributed by atoms with van der Waals surface area (Å²) >= 11 is 0. The van der Waals surface area contributed by atoms with Crippen LogP contribution < -0.4 is 0 Å². The lowest BCUT2D eigenvalue weighted by molar-refractivity contribution is 0.172. The molecule has 1 aliphatic heterocycles. The maximum absolute atomic E-state index is 5.42. The fourth-order valence-corrected chi connectivity index (χ4v) is 2.79. The molecule has 1 aromatic heterocycles. The van der Waals surface area contributed by atoms with E-state index in [-0.39, 0.29) is 0 Å². The first kappa shape index (κ1) is 12.6. The van der Waals surface area contributed by atoms with E-state index in [0.717, 1.165) is 43.2 Å². The summed E-state index contributed by atoms with van der Waals surface area (Å²) in [4.78, 5) is 10.4. The van der Waals surface area contributed by atoms with Crippen LogP contribution in [0.1, 0.15) is 17.8 Å². The smallest absolute Gasteiger partial charge is 0.121 e. The highest BCUT2D eigenvalue weighted by molar-refractivity contribution is 5.78. The second kappa shape index (κ2) is 5.31. The molecule has 0 bridgehead atoms. The second-order valence-corrected chi connectivity index (χ2v) is 5.58. The van der Waals surface area contributed by atoms with Crippen molar-refractivity contribution in [3.8, 4) is 0 Å². The van der Waals surface area contributed by atoms with Gasteiger partial charge in [0.25, 0.3) is 0 Å². The van der Waals surface area contributed by atoms with Crippen LogP contribution in [0.5, 0.6) is 0 Å². The molecule has 1 saturated heterocycles. The Morgan fingerprint density at radius 2 is 2.37 bits per heavy atom. The van der Waals surface area contributed by atoms with E-state index in [9.17, 15) is 0 Å². The van der Waals surface area contributed by atoms with Crippen molar-refractivity contribution in [2.24, 2.45) is 5.92 Å². The van der Waals surface area contributed by atoms with Crippen molar-refractivity contribution < 1.29 is 4.74 Å². The number of imidazole rings is 1. The Morgan fingerprint density at radius 1 is 1.47 bits per heavy atom. The second-order valence-electron chi connectivity index (χ2n) is 5.58. The van der Waals surface area contributed by atoms with Gasteiger partial charge in [-0.15, -0.1) is 0 Å². The van der Waals surface area contributed by atoms with Crippen molar-refractivity contribution in [3.05, 3.63) is 29.6 Å². The van der Waals surface area contributed by atoms with Gasteiger partial charge >= 0.3 is 0 Å². The van der Waals surface area contributed by atoms with Gasteiger partial charge in [-0.25, -0.2) is 4.98 Å². The molecule has 1 N–H and O–H groups in total. The quantitative estimate of drug-likeness (QED) is 0.916. The van der Waals surface area contributed by atoms with Crippen LogP contribution >= 0.6 is 0 Å². The molecular weight excluding hydrogens is 238 g/mol. The van der Waals surface area contributed by atoms with Crippen LogP contribution in [-0.2, 0) is 11.3 Å². The van der Waals surface area contributed by atoms with Gasteiger partial charge in [-0.1, -0.05) is 12.1 Å². The van der Waals surface area contributed by atoms with Crippen LogP contribution in [0.3, 0.4) is 0 Å². The Kier molecular flexibility index (Phi) is 3.53. The number of benzene rings is 1. The first-order chi connectivity index (χ1) is 9.22. The monoisotopic (exact) mass is 259 g/mol. The molecule has 3 rings (SSSR count). The fourth-order valence-electron chi connectivity index (χ4n) is 2.79. The van der Waals surface area contributed by atoms with Gasteiger partial charge in [-0.05, 0) is 37.9 Å². The minimum atomic E-state index is 0.677. The lowest BCUT2D eigenvalue weighted by atomic mass is 10.1. The summed E-state index contributed by atoms with van der Waals surface area (Å²) in [5.74, 6) is 1.72. The molecule has 1 atom stereocenters. The van der Waals surface area contributed by atoms with E-state index in [1.165, 1.54) is 12.0 Å². The number of nitrogens with one attached hydrogen (secondary N) is 1. The van der Waals surface area contributed by atoms with Gasteiger partial charge in [-0.3, -0.25) is 4.90 Å². The molecule has 4 heteroatoms. The van der Waals surface area contributed by atoms with E-state index in [0.29, 0.717) is 5.92 Å². The van der Waals surface area contributed by atoms with Crippen LogP contribution in [0.25, 0.3) is 11.0 Å². The molecule has 1 fully saturated rings. The number of aromatic nitrogens is 2. The maximum atomic E-state index is 5.42. The number of hydrogen-bond donors (Lipinski definition) is 1. The number of fused-ring (bicyclic) bond motifs is 1. The third kappa shape index (κ3) is 2.80. The van der Waals surface area contributed by atoms with Crippen LogP contribution in [0.4, 0.5) is 0 Å². The number of aromatic amines is 1. The molecule has 0 radical (unpaired) electrons. The van der Waals surface area contributed by atoms with Crippen molar-refractivity contribution in [2.75, 3.05) is 26.8 Å². The number of hydrogen-bond acceptors (Lipinski definition) is 3. The van der Waals surface area contributed by atoms with Crippen molar-refractivity contribution in [1.29, 1.82) is 0 Å². The van der Waals surface area contributed by atoms with E-state index in [1.54, 1.807) is 0 Å². The van der Waals surface area contributed by atoms with Crippen LogP contribution in [-0.4, -0.2) is 41.7 Å². The van der Waals surface area contributed by atoms with Gasteiger partial charge in [0.2, 0.25) is 0 Å². The summed E-state index contributed by atoms with van der Waals surface area (Å²) in [5.41, 5.74) is 3.45. The third-order valence-electron chi connectivity index (χ3n) is 3.78. The van der Waals surface area contributed by atoms with Crippen LogP contribution in [0.2, 0.25) is 0 Å². The molecule has 0 aliphatic carbocycles. The summed E-state index contributed by atoms with van der Waals surface area (Å²) in [5, 5.41) is 0. The molecule has 0 saturated carbocycles. The first-order valence-corrected chi connectivity index (χ1v) is 6.93. The average molecular weight is 259 g/mol. The normalized spacial score (nSPS) is 19.6. The minimum Gasteiger partial charge on any atom is -0.381 e. The minimum absolute atomic E-state index is 0.677. The Hall–Kier alpha value is -1.39. The van der Waals surface area contributed by atoms with Crippen LogP contribution in [0, 0.1) is 12.8 Å². The number of H-pyrrole nitrogens is 1. The molecular formula is C15H21N3O. The van der Waals surface area contributed by atoms with E-state index in [4.69, 9.17) is 9.72 Å². The van der Waals surface area contributed by atoms with Gasteiger partial charge < -0.3 is 9.72 Å². The Labute approximate surface area is 113 Å². The topological polar surface area (TPSA) is 41.2 Å². The van der Waals surface area contributed by atoms with Crippen molar-refractivity contribution in [3.63, 3.8) is 0 Å². The number of aryl methyl sites for hydroxylation is 1. The number of ether oxygens (including phenoxy) is 1. The number of para-hydroxylation sites is 1. The largest absolute Gasteiger partial charge is 0.381 e. The molecule has 0 amide bonds. The van der Waals surface area contributed by atoms with Gasteiger partial charge in [0, 0.05) is 13.2 Å². The molecule has 1 aliphatic rings. The molecule has 19 heavy (non-hydrogen) atoms. The molecule has 0 unspecified atom stereocenters. The molecule has 2 heterocycles. The van der Waals surface area contributed by atoms with Crippen molar-refractivity contribution in [1.82, 2.24) is 14.9 Å². The predicted molar refractivity (Wildman–Crippen MR) is 76.1 cm³/mol. The summed E-state index contributed by atoms with van der Waals surface area (Å²) in [6.07, 6.45) is 1.18. The molecule has 4 nitrogen and oxygen atoms in total. The highest BCUT2D eigenvalue weighted by Crippen LogP contribution is 2.17. The van der Waals surface area contributed by atoms with Crippen molar-refractivity contribution >= 4 is 11.0 Å². The fraction of sp³-hybridized carbons (Fsp3) is 0.533. The standard InChI is InChI=1S/C15H21N3O/c1-11-4-3-5-13-15(11)17-14(16-13)9-18(2)8-12-6-7-19-10-12/h3-5,12H,6-10H2,1-2H3,(H,16,17)/t12-/m0/s1. The third-order valence-corrected chi connectivity index (χ3v) is 3.78. The van der Waals surface area contributed by atoms with E-state index in [2.05, 4.69) is 42.1 Å².